The second kappa shape index (κ2) is 18.5. The third-order valence-electron chi connectivity index (χ3n) is 10.2. The number of methoxy groups -OCH3 is 1. The first kappa shape index (κ1) is 39.0. The lowest BCUT2D eigenvalue weighted by Crippen LogP contribution is -2.56. The van der Waals surface area contributed by atoms with Crippen molar-refractivity contribution in [2.75, 3.05) is 13.7 Å². The Morgan fingerprint density at radius 1 is 0.942 bits per heavy atom. The summed E-state index contributed by atoms with van der Waals surface area (Å²) in [7, 11) is -2.15. The van der Waals surface area contributed by atoms with Crippen LogP contribution in [-0.4, -0.2) is 79.0 Å². The van der Waals surface area contributed by atoms with Crippen molar-refractivity contribution in [1.82, 2.24) is 25.2 Å². The number of hydrogen-bond acceptors (Lipinski definition) is 8. The van der Waals surface area contributed by atoms with Crippen molar-refractivity contribution in [2.24, 2.45) is 0 Å². The number of aryl methyl sites for hydroxylation is 1. The van der Waals surface area contributed by atoms with Crippen molar-refractivity contribution in [3.05, 3.63) is 52.5 Å². The van der Waals surface area contributed by atoms with E-state index in [0.717, 1.165) is 68.1 Å². The molecular weight excluding hydrogens is 687 g/mol. The number of amides is 4. The fourth-order valence-corrected chi connectivity index (χ4v) is 8.49. The average Bonchev–Trinajstić information content (AvgIpc) is 3.88. The van der Waals surface area contributed by atoms with Crippen molar-refractivity contribution < 1.29 is 32.3 Å². The van der Waals surface area contributed by atoms with Gasteiger partial charge in [-0.25, -0.2) is 8.42 Å². The molecule has 52 heavy (non-hydrogen) atoms. The minimum Gasteiger partial charge on any atom is -0.496 e. The van der Waals surface area contributed by atoms with Crippen LogP contribution in [-0.2, 0) is 35.6 Å². The van der Waals surface area contributed by atoms with Crippen LogP contribution in [0.15, 0.2) is 41.3 Å². The first-order valence-corrected chi connectivity index (χ1v) is 20.4. The Kier molecular flexibility index (Phi) is 13.9. The van der Waals surface area contributed by atoms with E-state index in [4.69, 9.17) is 4.74 Å². The van der Waals surface area contributed by atoms with Crippen molar-refractivity contribution in [3.63, 3.8) is 0 Å². The molecule has 2 saturated heterocycles. The molecule has 2 aliphatic heterocycles. The van der Waals surface area contributed by atoms with Crippen LogP contribution >= 0.6 is 0 Å². The third-order valence-corrected chi connectivity index (χ3v) is 12.1. The van der Waals surface area contributed by atoms with E-state index in [9.17, 15) is 32.4 Å². The average molecular weight is 740 g/mol. The molecule has 1 unspecified atom stereocenters. The molecule has 1 aromatic carbocycles. The number of unbranched alkanes of at least 4 members (excludes halogenated alkanes) is 1. The standard InChI is InChI=1S/C38H53N5O8S/c1-51-33-25-26-21-22-39-35(45)29(26)24-27(33)14-9-5-4-8-12-18-34(44)40-31-16-11-7-3-2-6-10-15-30(36(46)42-52(49,50)28-19-20-28)41-37(47)32-17-13-23-43(32)38(31)48/h4,8,21-22,24-25,28,30-32H,2-3,5-7,9-20,23H2,1H3,(H,39,45)(H,40,44)(H,41,47)(H,42,46)/b8-4+/t30?,31-,32-/m0/s1. The van der Waals surface area contributed by atoms with Crippen LogP contribution < -0.4 is 25.7 Å². The highest BCUT2D eigenvalue weighted by atomic mass is 32.2. The molecule has 284 valence electrons. The number of carbonyl (C=O) groups excluding carboxylic acids is 4. The predicted octanol–water partition coefficient (Wildman–Crippen LogP) is 3.90. The summed E-state index contributed by atoms with van der Waals surface area (Å²) in [5, 5.41) is 6.60. The molecule has 0 radical (unpaired) electrons. The van der Waals surface area contributed by atoms with E-state index in [1.54, 1.807) is 13.3 Å². The van der Waals surface area contributed by atoms with E-state index in [0.29, 0.717) is 63.3 Å². The highest BCUT2D eigenvalue weighted by molar-refractivity contribution is 7.90. The highest BCUT2D eigenvalue weighted by Gasteiger charge is 2.41. The molecule has 3 atom stereocenters. The summed E-state index contributed by atoms with van der Waals surface area (Å²) in [6, 6.07) is 3.03. The van der Waals surface area contributed by atoms with Crippen molar-refractivity contribution in [2.45, 2.75) is 133 Å². The maximum Gasteiger partial charge on any atom is 0.256 e. The van der Waals surface area contributed by atoms with Gasteiger partial charge in [-0.15, -0.1) is 0 Å². The molecule has 14 heteroatoms. The van der Waals surface area contributed by atoms with E-state index in [2.05, 4.69) is 20.3 Å². The number of nitrogens with one attached hydrogen (secondary N) is 4. The van der Waals surface area contributed by atoms with Gasteiger partial charge in [0.2, 0.25) is 27.7 Å². The number of allylic oxidation sites excluding steroid dienone is 2. The molecule has 4 N–H and O–H groups in total. The number of benzene rings is 1. The van der Waals surface area contributed by atoms with Crippen molar-refractivity contribution in [1.29, 1.82) is 0 Å². The maximum atomic E-state index is 13.9. The smallest absolute Gasteiger partial charge is 0.256 e. The van der Waals surface area contributed by atoms with Crippen LogP contribution in [0.4, 0.5) is 0 Å². The SMILES string of the molecule is COc1cc2cc[nH]c(=O)c2cc1CCC/C=C/CCC(=O)N[C@H]1CCCCCCCCC(C(=O)NS(=O)(=O)C2CC2)NC(=O)[C@@H]2CCCN2C1=O. The van der Waals surface area contributed by atoms with E-state index in [-0.39, 0.29) is 23.8 Å². The van der Waals surface area contributed by atoms with Gasteiger partial charge in [0.1, 0.15) is 23.9 Å². The molecule has 2 aromatic rings. The number of sulfonamides is 1. The summed E-state index contributed by atoms with van der Waals surface area (Å²) >= 11 is 0. The second-order valence-electron chi connectivity index (χ2n) is 14.2. The summed E-state index contributed by atoms with van der Waals surface area (Å²) in [6.45, 7) is 0.362. The van der Waals surface area contributed by atoms with E-state index >= 15 is 0 Å². The van der Waals surface area contributed by atoms with Crippen molar-refractivity contribution >= 4 is 44.4 Å². The molecule has 4 amide bonds. The van der Waals surface area contributed by atoms with Gasteiger partial charge < -0.3 is 25.3 Å². The number of pyridine rings is 1. The van der Waals surface area contributed by atoms with Gasteiger partial charge in [0.15, 0.2) is 0 Å². The van der Waals surface area contributed by atoms with Crippen LogP contribution in [0.2, 0.25) is 0 Å². The lowest BCUT2D eigenvalue weighted by atomic mass is 10.0. The van der Waals surface area contributed by atoms with Crippen LogP contribution in [0.1, 0.15) is 108 Å². The summed E-state index contributed by atoms with van der Waals surface area (Å²) in [6.07, 6.45) is 16.5. The Balaban J connectivity index is 1.13. The summed E-state index contributed by atoms with van der Waals surface area (Å²) in [5.74, 6) is -1.01. The number of aromatic amines is 1. The fourth-order valence-electron chi connectivity index (χ4n) is 7.15. The Hall–Kier alpha value is -4.20. The first-order chi connectivity index (χ1) is 25.1. The van der Waals surface area contributed by atoms with Crippen LogP contribution in [0, 0.1) is 0 Å². The van der Waals surface area contributed by atoms with E-state index in [1.807, 2.05) is 30.4 Å². The van der Waals surface area contributed by atoms with Gasteiger partial charge in [-0.1, -0.05) is 50.7 Å². The molecule has 13 nitrogen and oxygen atoms in total. The molecule has 1 aliphatic carbocycles. The Morgan fingerprint density at radius 3 is 2.42 bits per heavy atom. The van der Waals surface area contributed by atoms with Gasteiger partial charge in [-0.2, -0.15) is 0 Å². The molecule has 1 saturated carbocycles. The zero-order valence-corrected chi connectivity index (χ0v) is 30.9. The minimum absolute atomic E-state index is 0.135. The molecule has 5 rings (SSSR count). The third kappa shape index (κ3) is 10.7. The zero-order chi connectivity index (χ0) is 37.1. The number of ether oxygens (including phenoxy) is 1. The maximum absolute atomic E-state index is 13.9. The van der Waals surface area contributed by atoms with Gasteiger partial charge in [-0.05, 0) is 93.4 Å². The lowest BCUT2D eigenvalue weighted by Gasteiger charge is -2.30. The number of aromatic nitrogens is 1. The Bertz CT molecular complexity index is 1790. The minimum atomic E-state index is -3.77. The van der Waals surface area contributed by atoms with Gasteiger partial charge in [-0.3, -0.25) is 28.7 Å². The quantitative estimate of drug-likeness (QED) is 0.187. The monoisotopic (exact) mass is 739 g/mol. The Morgan fingerprint density at radius 2 is 1.67 bits per heavy atom. The zero-order valence-electron chi connectivity index (χ0n) is 30.1. The van der Waals surface area contributed by atoms with E-state index in [1.165, 1.54) is 4.90 Å². The van der Waals surface area contributed by atoms with Crippen LogP contribution in [0.25, 0.3) is 10.8 Å². The number of rotatable bonds is 12. The number of nitrogens with zero attached hydrogens (tertiary/aromatic N) is 1. The molecule has 3 fully saturated rings. The van der Waals surface area contributed by atoms with Gasteiger partial charge >= 0.3 is 0 Å². The predicted molar refractivity (Wildman–Crippen MR) is 198 cm³/mol. The molecule has 0 bridgehead atoms. The summed E-state index contributed by atoms with van der Waals surface area (Å²) in [4.78, 5) is 70.0. The second-order valence-corrected chi connectivity index (χ2v) is 16.2. The number of H-pyrrole nitrogens is 1. The molecule has 3 heterocycles. The molecule has 1 aromatic heterocycles. The Labute approximate surface area is 305 Å². The van der Waals surface area contributed by atoms with Gasteiger partial charge in [0, 0.05) is 24.5 Å². The summed E-state index contributed by atoms with van der Waals surface area (Å²) in [5.41, 5.74) is 0.828. The van der Waals surface area contributed by atoms with Gasteiger partial charge in [0.05, 0.1) is 12.4 Å². The largest absolute Gasteiger partial charge is 0.496 e. The number of hydrogen-bond donors (Lipinski definition) is 4. The number of carbonyl (C=O) groups is 4. The van der Waals surface area contributed by atoms with Crippen molar-refractivity contribution in [3.8, 4) is 5.75 Å². The molecule has 3 aliphatic rings. The number of fused-ring (bicyclic) bond motifs is 2. The first-order valence-electron chi connectivity index (χ1n) is 18.9. The fraction of sp³-hybridized carbons (Fsp3) is 0.605. The van der Waals surface area contributed by atoms with Crippen LogP contribution in [0.3, 0.4) is 0 Å². The molecule has 0 spiro atoms. The van der Waals surface area contributed by atoms with Gasteiger partial charge in [0.25, 0.3) is 11.5 Å². The topological polar surface area (TPSA) is 184 Å². The van der Waals surface area contributed by atoms with Crippen LogP contribution in [0.5, 0.6) is 5.75 Å². The normalized spacial score (nSPS) is 22.3. The molecular formula is C38H53N5O8S. The highest BCUT2D eigenvalue weighted by Crippen LogP contribution is 2.28. The summed E-state index contributed by atoms with van der Waals surface area (Å²) < 4.78 is 32.6. The van der Waals surface area contributed by atoms with E-state index < -0.39 is 45.2 Å². The lowest BCUT2D eigenvalue weighted by molar-refractivity contribution is -0.142.